The molecule has 2 aromatic rings. The second-order valence-corrected chi connectivity index (χ2v) is 8.53. The molecule has 0 saturated carbocycles. The molecule has 158 valence electrons. The molecule has 2 saturated heterocycles. The molecule has 0 radical (unpaired) electrons. The summed E-state index contributed by atoms with van der Waals surface area (Å²) in [5.74, 6) is 1.99. The minimum Gasteiger partial charge on any atom is -0.497 e. The Morgan fingerprint density at radius 2 is 1.83 bits per heavy atom. The number of aromatic nitrogens is 1. The molecule has 0 bridgehead atoms. The van der Waals surface area contributed by atoms with Crippen LogP contribution in [0.1, 0.15) is 74.1 Å². The molecule has 5 nitrogen and oxygen atoms in total. The summed E-state index contributed by atoms with van der Waals surface area (Å²) in [6.07, 6.45) is 8.66. The summed E-state index contributed by atoms with van der Waals surface area (Å²) in [4.78, 5) is 5.18. The van der Waals surface area contributed by atoms with Crippen molar-refractivity contribution in [2.24, 2.45) is 0 Å². The summed E-state index contributed by atoms with van der Waals surface area (Å²) in [6, 6.07) is 9.11. The van der Waals surface area contributed by atoms with E-state index < -0.39 is 0 Å². The van der Waals surface area contributed by atoms with Crippen LogP contribution in [0.15, 0.2) is 28.8 Å². The highest BCUT2D eigenvalue weighted by atomic mass is 16.5. The molecule has 5 heteroatoms. The van der Waals surface area contributed by atoms with Crippen LogP contribution in [0.2, 0.25) is 0 Å². The van der Waals surface area contributed by atoms with E-state index in [-0.39, 0.29) is 0 Å². The summed E-state index contributed by atoms with van der Waals surface area (Å²) < 4.78 is 11.2. The standard InChI is InChI=1S/C24H35N3O2/c1-3-21-16-24(29-25-21)23-9-8-14-27(23)18-19-10-11-22(28-2)15-20(19)17-26-12-6-4-5-7-13-26/h10-11,15-16,23H,3-9,12-14,17-18H2,1-2H3/t23-/m1/s1. The first kappa shape index (κ1) is 20.4. The van der Waals surface area contributed by atoms with Gasteiger partial charge in [-0.05, 0) is 75.0 Å². The lowest BCUT2D eigenvalue weighted by atomic mass is 10.0. The van der Waals surface area contributed by atoms with Crippen LogP contribution in [0.25, 0.3) is 0 Å². The number of rotatable bonds is 7. The van der Waals surface area contributed by atoms with Crippen molar-refractivity contribution in [3.05, 3.63) is 46.8 Å². The first-order valence-electron chi connectivity index (χ1n) is 11.3. The molecular weight excluding hydrogens is 362 g/mol. The highest BCUT2D eigenvalue weighted by Gasteiger charge is 2.30. The highest BCUT2D eigenvalue weighted by molar-refractivity contribution is 5.36. The Balaban J connectivity index is 1.52. The van der Waals surface area contributed by atoms with E-state index in [4.69, 9.17) is 9.26 Å². The Hall–Kier alpha value is -1.85. The molecule has 0 unspecified atom stereocenters. The van der Waals surface area contributed by atoms with Crippen LogP contribution in [0.3, 0.4) is 0 Å². The fourth-order valence-electron chi connectivity index (χ4n) is 4.77. The van der Waals surface area contributed by atoms with Crippen molar-refractivity contribution in [1.29, 1.82) is 0 Å². The Bertz CT molecular complexity index is 780. The molecule has 0 spiro atoms. The van der Waals surface area contributed by atoms with E-state index in [0.29, 0.717) is 6.04 Å². The van der Waals surface area contributed by atoms with Gasteiger partial charge in [0.1, 0.15) is 5.75 Å². The average Bonchev–Trinajstić information content (AvgIpc) is 3.33. The Kier molecular flexibility index (Phi) is 6.88. The van der Waals surface area contributed by atoms with Crippen LogP contribution in [0, 0.1) is 0 Å². The van der Waals surface area contributed by atoms with Crippen LogP contribution < -0.4 is 4.74 Å². The zero-order valence-electron chi connectivity index (χ0n) is 18.0. The normalized spacial score (nSPS) is 21.4. The van der Waals surface area contributed by atoms with Gasteiger partial charge in [0.25, 0.3) is 0 Å². The number of aryl methyl sites for hydroxylation is 1. The van der Waals surface area contributed by atoms with Crippen LogP contribution in [0.5, 0.6) is 5.75 Å². The number of hydrogen-bond acceptors (Lipinski definition) is 5. The van der Waals surface area contributed by atoms with Crippen LogP contribution in [-0.4, -0.2) is 41.7 Å². The second-order valence-electron chi connectivity index (χ2n) is 8.53. The second kappa shape index (κ2) is 9.77. The number of likely N-dealkylation sites (tertiary alicyclic amines) is 2. The van der Waals surface area contributed by atoms with Crippen molar-refractivity contribution in [3.8, 4) is 5.75 Å². The molecule has 4 rings (SSSR count). The summed E-state index contributed by atoms with van der Waals surface area (Å²) in [6.45, 7) is 7.64. The lowest BCUT2D eigenvalue weighted by molar-refractivity contribution is 0.204. The third-order valence-corrected chi connectivity index (χ3v) is 6.51. The fraction of sp³-hybridized carbons (Fsp3) is 0.625. The molecular formula is C24H35N3O2. The molecule has 2 aliphatic rings. The molecule has 0 amide bonds. The first-order chi connectivity index (χ1) is 14.3. The molecule has 29 heavy (non-hydrogen) atoms. The van der Waals surface area contributed by atoms with E-state index in [1.807, 2.05) is 0 Å². The van der Waals surface area contributed by atoms with Gasteiger partial charge in [-0.25, -0.2) is 0 Å². The molecule has 2 fully saturated rings. The largest absolute Gasteiger partial charge is 0.497 e. The third kappa shape index (κ3) is 5.01. The molecule has 1 aromatic heterocycles. The minimum atomic E-state index is 0.343. The van der Waals surface area contributed by atoms with E-state index in [2.05, 4.69) is 46.1 Å². The zero-order chi connectivity index (χ0) is 20.1. The van der Waals surface area contributed by atoms with Crippen molar-refractivity contribution >= 4 is 0 Å². The summed E-state index contributed by atoms with van der Waals surface area (Å²) in [5, 5.41) is 4.22. The molecule has 0 aliphatic carbocycles. The van der Waals surface area contributed by atoms with Crippen molar-refractivity contribution < 1.29 is 9.26 Å². The number of ether oxygens (including phenoxy) is 1. The Morgan fingerprint density at radius 1 is 1.00 bits per heavy atom. The van der Waals surface area contributed by atoms with Gasteiger partial charge in [0.15, 0.2) is 5.76 Å². The van der Waals surface area contributed by atoms with Crippen LogP contribution >= 0.6 is 0 Å². The lowest BCUT2D eigenvalue weighted by Crippen LogP contribution is -2.27. The van der Waals surface area contributed by atoms with Crippen LogP contribution in [0.4, 0.5) is 0 Å². The number of methoxy groups -OCH3 is 1. The maximum Gasteiger partial charge on any atom is 0.154 e. The number of benzene rings is 1. The molecule has 2 aliphatic heterocycles. The van der Waals surface area contributed by atoms with Crippen molar-refractivity contribution in [2.75, 3.05) is 26.7 Å². The summed E-state index contributed by atoms with van der Waals surface area (Å²) in [5.41, 5.74) is 3.87. The fourth-order valence-corrected chi connectivity index (χ4v) is 4.77. The smallest absolute Gasteiger partial charge is 0.154 e. The van der Waals surface area contributed by atoms with E-state index in [1.54, 1.807) is 7.11 Å². The number of nitrogens with zero attached hydrogens (tertiary/aromatic N) is 3. The molecule has 1 atom stereocenters. The van der Waals surface area contributed by atoms with Gasteiger partial charge in [-0.3, -0.25) is 9.80 Å². The number of hydrogen-bond donors (Lipinski definition) is 0. The monoisotopic (exact) mass is 397 g/mol. The van der Waals surface area contributed by atoms with E-state index in [1.165, 1.54) is 56.3 Å². The lowest BCUT2D eigenvalue weighted by Gasteiger charge is -2.26. The zero-order valence-corrected chi connectivity index (χ0v) is 18.0. The quantitative estimate of drug-likeness (QED) is 0.661. The van der Waals surface area contributed by atoms with E-state index in [9.17, 15) is 0 Å². The van der Waals surface area contributed by atoms with Crippen LogP contribution in [-0.2, 0) is 19.5 Å². The predicted octanol–water partition coefficient (Wildman–Crippen LogP) is 4.96. The van der Waals surface area contributed by atoms with Gasteiger partial charge in [-0.1, -0.05) is 31.0 Å². The Labute approximate surface area is 175 Å². The molecule has 3 heterocycles. The van der Waals surface area contributed by atoms with Gasteiger partial charge in [0.05, 0.1) is 18.8 Å². The van der Waals surface area contributed by atoms with E-state index in [0.717, 1.165) is 49.7 Å². The summed E-state index contributed by atoms with van der Waals surface area (Å²) in [7, 11) is 1.76. The Morgan fingerprint density at radius 3 is 2.55 bits per heavy atom. The molecule has 0 N–H and O–H groups in total. The van der Waals surface area contributed by atoms with Crippen molar-refractivity contribution in [1.82, 2.24) is 15.0 Å². The van der Waals surface area contributed by atoms with Gasteiger partial charge in [-0.2, -0.15) is 0 Å². The SMILES string of the molecule is CCc1cc([C@H]2CCCN2Cc2ccc(OC)cc2CN2CCCCCC2)on1. The van der Waals surface area contributed by atoms with Gasteiger partial charge >= 0.3 is 0 Å². The third-order valence-electron chi connectivity index (χ3n) is 6.51. The predicted molar refractivity (Wildman–Crippen MR) is 115 cm³/mol. The maximum atomic E-state index is 5.69. The molecule has 1 aromatic carbocycles. The van der Waals surface area contributed by atoms with Gasteiger partial charge < -0.3 is 9.26 Å². The van der Waals surface area contributed by atoms with Crippen molar-refractivity contribution in [3.63, 3.8) is 0 Å². The highest BCUT2D eigenvalue weighted by Crippen LogP contribution is 2.34. The van der Waals surface area contributed by atoms with E-state index >= 15 is 0 Å². The van der Waals surface area contributed by atoms with Crippen molar-refractivity contribution in [2.45, 2.75) is 71.0 Å². The van der Waals surface area contributed by atoms with Gasteiger partial charge in [0.2, 0.25) is 0 Å². The van der Waals surface area contributed by atoms with Gasteiger partial charge in [0, 0.05) is 19.2 Å². The first-order valence-corrected chi connectivity index (χ1v) is 11.3. The topological polar surface area (TPSA) is 41.7 Å². The summed E-state index contributed by atoms with van der Waals surface area (Å²) >= 11 is 0. The average molecular weight is 398 g/mol. The maximum absolute atomic E-state index is 5.69. The van der Waals surface area contributed by atoms with Gasteiger partial charge in [-0.15, -0.1) is 0 Å². The minimum absolute atomic E-state index is 0.343.